The van der Waals surface area contributed by atoms with Gasteiger partial charge in [-0.3, -0.25) is 4.79 Å². The third kappa shape index (κ3) is 2.81. The molecule has 1 aliphatic rings. The summed E-state index contributed by atoms with van der Waals surface area (Å²) in [4.78, 5) is 14.5. The lowest BCUT2D eigenvalue weighted by atomic mass is 10.2. The maximum Gasteiger partial charge on any atom is 0.283 e. The van der Waals surface area contributed by atoms with Gasteiger partial charge in [0, 0.05) is 30.2 Å². The second-order valence-electron chi connectivity index (χ2n) is 6.67. The summed E-state index contributed by atoms with van der Waals surface area (Å²) >= 11 is 0. The van der Waals surface area contributed by atoms with Crippen LogP contribution >= 0.6 is 0 Å². The van der Waals surface area contributed by atoms with Crippen molar-refractivity contribution in [3.63, 3.8) is 0 Å². The fourth-order valence-corrected chi connectivity index (χ4v) is 3.59. The van der Waals surface area contributed by atoms with Crippen LogP contribution in [0.2, 0.25) is 0 Å². The Morgan fingerprint density at radius 1 is 1.04 bits per heavy atom. The van der Waals surface area contributed by atoms with E-state index >= 15 is 0 Å². The fraction of sp³-hybridized carbons (Fsp3) is 0.250. The van der Waals surface area contributed by atoms with Gasteiger partial charge in [0.05, 0.1) is 11.8 Å². The van der Waals surface area contributed by atoms with Gasteiger partial charge in [0.1, 0.15) is 6.54 Å². The van der Waals surface area contributed by atoms with Crippen LogP contribution in [0.4, 0.5) is 0 Å². The Bertz CT molecular complexity index is 1090. The molecule has 0 unspecified atom stereocenters. The number of para-hydroxylation sites is 1. The highest BCUT2D eigenvalue weighted by Crippen LogP contribution is 2.31. The zero-order chi connectivity index (χ0) is 18.2. The summed E-state index contributed by atoms with van der Waals surface area (Å²) in [7, 11) is 0. The van der Waals surface area contributed by atoms with Gasteiger partial charge in [0.2, 0.25) is 11.8 Å². The van der Waals surface area contributed by atoms with E-state index in [1.54, 1.807) is 18.4 Å². The number of carbonyl (C=O) groups excluding carboxylic acids is 1. The van der Waals surface area contributed by atoms with Gasteiger partial charge in [-0.05, 0) is 31.0 Å². The first-order chi connectivity index (χ1) is 13.3. The summed E-state index contributed by atoms with van der Waals surface area (Å²) in [5.74, 6) is 1.41. The smallest absolute Gasteiger partial charge is 0.283 e. The van der Waals surface area contributed by atoms with Crippen LogP contribution in [-0.4, -0.2) is 38.7 Å². The van der Waals surface area contributed by atoms with Crippen LogP contribution < -0.4 is 0 Å². The topological polar surface area (TPSA) is 77.3 Å². The molecule has 4 heterocycles. The standard InChI is InChI=1S/C20H18N4O3/c25-18(23-9-3-4-10-23)13-24-12-15(14-6-1-2-7-16(14)24)19-21-22-20(27-19)17-8-5-11-26-17/h1-2,5-8,11-12H,3-4,9-10,13H2. The number of aromatic nitrogens is 3. The Hall–Kier alpha value is -3.35. The molecule has 0 spiro atoms. The van der Waals surface area contributed by atoms with E-state index < -0.39 is 0 Å². The molecule has 1 aliphatic heterocycles. The van der Waals surface area contributed by atoms with Gasteiger partial charge in [-0.2, -0.15) is 0 Å². The van der Waals surface area contributed by atoms with Crippen molar-refractivity contribution in [3.05, 3.63) is 48.9 Å². The SMILES string of the molecule is O=C(Cn1cc(-c2nnc(-c3ccco3)o2)c2ccccc21)N1CCCC1. The van der Waals surface area contributed by atoms with Crippen molar-refractivity contribution in [2.24, 2.45) is 0 Å². The number of fused-ring (bicyclic) bond motifs is 1. The summed E-state index contributed by atoms with van der Waals surface area (Å²) < 4.78 is 13.1. The van der Waals surface area contributed by atoms with Gasteiger partial charge in [-0.1, -0.05) is 18.2 Å². The first-order valence-electron chi connectivity index (χ1n) is 9.03. The van der Waals surface area contributed by atoms with Gasteiger partial charge in [-0.15, -0.1) is 10.2 Å². The van der Waals surface area contributed by atoms with Crippen LogP contribution in [0.15, 0.2) is 57.7 Å². The average molecular weight is 362 g/mol. The van der Waals surface area contributed by atoms with Crippen LogP contribution in [-0.2, 0) is 11.3 Å². The molecule has 3 aromatic heterocycles. The zero-order valence-electron chi connectivity index (χ0n) is 14.7. The molecule has 0 atom stereocenters. The Morgan fingerprint density at radius 2 is 1.85 bits per heavy atom. The third-order valence-corrected chi connectivity index (χ3v) is 4.94. The van der Waals surface area contributed by atoms with Crippen molar-refractivity contribution < 1.29 is 13.6 Å². The van der Waals surface area contributed by atoms with Crippen LogP contribution in [0.1, 0.15) is 12.8 Å². The number of benzene rings is 1. The molecule has 7 nitrogen and oxygen atoms in total. The minimum Gasteiger partial charge on any atom is -0.459 e. The van der Waals surface area contributed by atoms with Crippen molar-refractivity contribution in [1.82, 2.24) is 19.7 Å². The van der Waals surface area contributed by atoms with Crippen LogP contribution in [0.3, 0.4) is 0 Å². The summed E-state index contributed by atoms with van der Waals surface area (Å²) in [5.41, 5.74) is 1.78. The summed E-state index contributed by atoms with van der Waals surface area (Å²) in [5, 5.41) is 9.23. The number of rotatable bonds is 4. The normalized spacial score (nSPS) is 14.3. The van der Waals surface area contributed by atoms with Gasteiger partial charge in [0.15, 0.2) is 5.76 Å². The third-order valence-electron chi connectivity index (χ3n) is 4.94. The van der Waals surface area contributed by atoms with Crippen LogP contribution in [0.5, 0.6) is 0 Å². The molecule has 1 amide bonds. The molecule has 5 rings (SSSR count). The maximum atomic E-state index is 12.6. The Labute approximate surface area is 155 Å². The molecular formula is C20H18N4O3. The Balaban J connectivity index is 1.52. The average Bonchev–Trinajstić information content (AvgIpc) is 3.47. The fourth-order valence-electron chi connectivity index (χ4n) is 3.59. The highest BCUT2D eigenvalue weighted by atomic mass is 16.4. The predicted molar refractivity (Wildman–Crippen MR) is 98.7 cm³/mol. The van der Waals surface area contributed by atoms with E-state index in [4.69, 9.17) is 8.83 Å². The molecule has 0 radical (unpaired) electrons. The molecule has 136 valence electrons. The minimum atomic E-state index is 0.140. The maximum absolute atomic E-state index is 12.6. The van der Waals surface area contributed by atoms with E-state index in [1.807, 2.05) is 39.9 Å². The number of amides is 1. The largest absolute Gasteiger partial charge is 0.459 e. The molecule has 1 saturated heterocycles. The van der Waals surface area contributed by atoms with Crippen molar-refractivity contribution in [2.45, 2.75) is 19.4 Å². The summed E-state index contributed by atoms with van der Waals surface area (Å²) in [6.07, 6.45) is 5.65. The monoisotopic (exact) mass is 362 g/mol. The molecule has 0 aliphatic carbocycles. The lowest BCUT2D eigenvalue weighted by molar-refractivity contribution is -0.130. The zero-order valence-corrected chi connectivity index (χ0v) is 14.7. The van der Waals surface area contributed by atoms with Crippen molar-refractivity contribution >= 4 is 16.8 Å². The molecule has 4 aromatic rings. The number of furan rings is 1. The number of nitrogens with zero attached hydrogens (tertiary/aromatic N) is 4. The van der Waals surface area contributed by atoms with E-state index in [9.17, 15) is 4.79 Å². The molecule has 27 heavy (non-hydrogen) atoms. The van der Waals surface area contributed by atoms with Crippen LogP contribution in [0.25, 0.3) is 34.0 Å². The van der Waals surface area contributed by atoms with E-state index in [-0.39, 0.29) is 5.91 Å². The molecule has 0 bridgehead atoms. The Kier molecular flexibility index (Phi) is 3.78. The number of carbonyl (C=O) groups is 1. The highest BCUT2D eigenvalue weighted by Gasteiger charge is 2.21. The number of hydrogen-bond donors (Lipinski definition) is 0. The summed E-state index contributed by atoms with van der Waals surface area (Å²) in [6.45, 7) is 2.00. The lowest BCUT2D eigenvalue weighted by Crippen LogP contribution is -2.30. The summed E-state index contributed by atoms with van der Waals surface area (Å²) in [6, 6.07) is 11.5. The van der Waals surface area contributed by atoms with Gasteiger partial charge < -0.3 is 18.3 Å². The second-order valence-corrected chi connectivity index (χ2v) is 6.67. The highest BCUT2D eigenvalue weighted by molar-refractivity contribution is 5.95. The first kappa shape index (κ1) is 15.9. The quantitative estimate of drug-likeness (QED) is 0.555. The predicted octanol–water partition coefficient (Wildman–Crippen LogP) is 3.57. The van der Waals surface area contributed by atoms with Gasteiger partial charge in [0.25, 0.3) is 5.89 Å². The minimum absolute atomic E-state index is 0.140. The van der Waals surface area contributed by atoms with E-state index in [2.05, 4.69) is 10.2 Å². The van der Waals surface area contributed by atoms with Crippen molar-refractivity contribution in [2.75, 3.05) is 13.1 Å². The van der Waals surface area contributed by atoms with Gasteiger partial charge >= 0.3 is 0 Å². The molecular weight excluding hydrogens is 344 g/mol. The molecule has 1 aromatic carbocycles. The van der Waals surface area contributed by atoms with E-state index in [0.29, 0.717) is 24.1 Å². The molecule has 0 N–H and O–H groups in total. The number of hydrogen-bond acceptors (Lipinski definition) is 5. The molecule has 7 heteroatoms. The van der Waals surface area contributed by atoms with Gasteiger partial charge in [-0.25, -0.2) is 0 Å². The van der Waals surface area contributed by atoms with Crippen molar-refractivity contribution in [1.29, 1.82) is 0 Å². The lowest BCUT2D eigenvalue weighted by Gasteiger charge is -2.15. The molecule has 1 fully saturated rings. The van der Waals surface area contributed by atoms with E-state index in [1.165, 1.54) is 0 Å². The first-order valence-corrected chi connectivity index (χ1v) is 9.03. The Morgan fingerprint density at radius 3 is 2.67 bits per heavy atom. The molecule has 0 saturated carbocycles. The second kappa shape index (κ2) is 6.42. The van der Waals surface area contributed by atoms with Crippen LogP contribution in [0, 0.1) is 0 Å². The van der Waals surface area contributed by atoms with E-state index in [0.717, 1.165) is 42.4 Å². The number of likely N-dealkylation sites (tertiary alicyclic amines) is 1. The van der Waals surface area contributed by atoms with Crippen molar-refractivity contribution in [3.8, 4) is 23.1 Å².